The van der Waals surface area contributed by atoms with Crippen LogP contribution in [-0.4, -0.2) is 37.0 Å². The maximum atomic E-state index is 12.1. The third-order valence-electron chi connectivity index (χ3n) is 7.25. The third-order valence-corrected chi connectivity index (χ3v) is 7.25. The summed E-state index contributed by atoms with van der Waals surface area (Å²) in [4.78, 5) is 24.2. The molecule has 0 aromatic heterocycles. The second kappa shape index (κ2) is 13.9. The minimum Gasteiger partial charge on any atom is -0.373 e. The molecular weight excluding hydrogens is 448 g/mol. The summed E-state index contributed by atoms with van der Waals surface area (Å²) >= 11 is 0. The molecule has 2 aliphatic rings. The van der Waals surface area contributed by atoms with Crippen LogP contribution in [-0.2, 0) is 9.59 Å². The number of carbonyl (C=O) groups is 2. The highest BCUT2D eigenvalue weighted by molar-refractivity contribution is 5.89. The van der Waals surface area contributed by atoms with Crippen LogP contribution in [0.4, 0.5) is 11.4 Å². The van der Waals surface area contributed by atoms with Crippen LogP contribution in [0.1, 0.15) is 89.2 Å². The van der Waals surface area contributed by atoms with Crippen LogP contribution >= 0.6 is 0 Å². The Bertz CT molecular complexity index is 913. The molecule has 0 radical (unpaired) electrons. The molecule has 0 fully saturated rings. The predicted octanol–water partition coefficient (Wildman–Crippen LogP) is 5.78. The SMILES string of the molecule is CCCCCNC(=O)[C@@H]1Nc2ccccc2[C@@H]1C.CCCCCNC(=O)[C@H]1Nc2ccccc2[C@H]1C. The largest absolute Gasteiger partial charge is 0.373 e. The molecule has 0 unspecified atom stereocenters. The van der Waals surface area contributed by atoms with Crippen molar-refractivity contribution in [1.29, 1.82) is 0 Å². The van der Waals surface area contributed by atoms with Crippen LogP contribution in [0.3, 0.4) is 0 Å². The van der Waals surface area contributed by atoms with Crippen molar-refractivity contribution in [2.75, 3.05) is 23.7 Å². The van der Waals surface area contributed by atoms with Gasteiger partial charge in [-0.1, -0.05) is 89.8 Å². The van der Waals surface area contributed by atoms with E-state index in [0.29, 0.717) is 0 Å². The number of anilines is 2. The van der Waals surface area contributed by atoms with Gasteiger partial charge in [-0.3, -0.25) is 9.59 Å². The van der Waals surface area contributed by atoms with Crippen molar-refractivity contribution < 1.29 is 9.59 Å². The van der Waals surface area contributed by atoms with Gasteiger partial charge in [0.1, 0.15) is 12.1 Å². The van der Waals surface area contributed by atoms with E-state index in [1.54, 1.807) is 0 Å². The number of nitrogens with one attached hydrogen (secondary N) is 4. The van der Waals surface area contributed by atoms with Gasteiger partial charge >= 0.3 is 0 Å². The van der Waals surface area contributed by atoms with Crippen LogP contribution < -0.4 is 21.3 Å². The fraction of sp³-hybridized carbons (Fsp3) is 0.533. The molecule has 6 heteroatoms. The Morgan fingerprint density at radius 2 is 1.06 bits per heavy atom. The normalized spacial score (nSPS) is 21.2. The predicted molar refractivity (Wildman–Crippen MR) is 150 cm³/mol. The monoisotopic (exact) mass is 492 g/mol. The molecule has 2 aliphatic heterocycles. The average molecular weight is 493 g/mol. The molecule has 2 heterocycles. The van der Waals surface area contributed by atoms with Crippen LogP contribution in [0.15, 0.2) is 48.5 Å². The number of carbonyl (C=O) groups excluding carboxylic acids is 2. The Morgan fingerprint density at radius 3 is 1.42 bits per heavy atom. The molecule has 0 bridgehead atoms. The van der Waals surface area contributed by atoms with Crippen LogP contribution in [0.5, 0.6) is 0 Å². The Hall–Kier alpha value is -3.02. The van der Waals surface area contributed by atoms with E-state index in [1.165, 1.54) is 36.8 Å². The lowest BCUT2D eigenvalue weighted by atomic mass is 9.97. The minimum absolute atomic E-state index is 0.120. The Balaban J connectivity index is 0.000000201. The first-order valence-corrected chi connectivity index (χ1v) is 13.7. The lowest BCUT2D eigenvalue weighted by Crippen LogP contribution is -2.40. The highest BCUT2D eigenvalue weighted by Crippen LogP contribution is 2.36. The maximum Gasteiger partial charge on any atom is 0.243 e. The van der Waals surface area contributed by atoms with Gasteiger partial charge in [-0.15, -0.1) is 0 Å². The van der Waals surface area contributed by atoms with Gasteiger partial charge in [0.2, 0.25) is 11.8 Å². The number of hydrogen-bond acceptors (Lipinski definition) is 4. The molecule has 36 heavy (non-hydrogen) atoms. The quantitative estimate of drug-likeness (QED) is 0.317. The lowest BCUT2D eigenvalue weighted by molar-refractivity contribution is -0.122. The van der Waals surface area contributed by atoms with E-state index in [9.17, 15) is 9.59 Å². The first-order chi connectivity index (χ1) is 17.5. The number of benzene rings is 2. The summed E-state index contributed by atoms with van der Waals surface area (Å²) in [5.74, 6) is 0.726. The number of unbranched alkanes of at least 4 members (excludes halogenated alkanes) is 4. The van der Waals surface area contributed by atoms with Crippen LogP contribution in [0, 0.1) is 0 Å². The molecule has 2 amide bonds. The van der Waals surface area contributed by atoms with Crippen molar-refractivity contribution in [3.8, 4) is 0 Å². The summed E-state index contributed by atoms with van der Waals surface area (Å²) in [6.45, 7) is 10.1. The Morgan fingerprint density at radius 1 is 0.667 bits per heavy atom. The summed E-state index contributed by atoms with van der Waals surface area (Å²) in [5, 5.41) is 12.7. The molecule has 0 saturated carbocycles. The standard InChI is InChI=1S/2C15H22N2O/c2*1-3-4-7-10-16-15(18)14-11(2)12-8-5-6-9-13(12)17-14/h2*5-6,8-9,11,14,17H,3-4,7,10H2,1-2H3,(H,16,18)/t2*11-,14+/m10/s1. The van der Waals surface area contributed by atoms with Gasteiger partial charge in [0.25, 0.3) is 0 Å². The van der Waals surface area contributed by atoms with E-state index >= 15 is 0 Å². The molecule has 4 rings (SSSR count). The van der Waals surface area contributed by atoms with Crippen LogP contribution in [0.2, 0.25) is 0 Å². The second-order valence-corrected chi connectivity index (χ2v) is 9.99. The van der Waals surface area contributed by atoms with E-state index in [1.807, 2.05) is 36.4 Å². The van der Waals surface area contributed by atoms with Crippen molar-refractivity contribution >= 4 is 23.2 Å². The molecule has 2 aromatic carbocycles. The van der Waals surface area contributed by atoms with E-state index in [0.717, 1.165) is 37.3 Å². The summed E-state index contributed by atoms with van der Waals surface area (Å²) in [6.07, 6.45) is 6.84. The van der Waals surface area contributed by atoms with E-state index in [-0.39, 0.29) is 35.7 Å². The zero-order valence-corrected chi connectivity index (χ0v) is 22.4. The molecule has 0 spiro atoms. The first-order valence-electron chi connectivity index (χ1n) is 13.7. The maximum absolute atomic E-state index is 12.1. The molecule has 196 valence electrons. The topological polar surface area (TPSA) is 82.3 Å². The lowest BCUT2D eigenvalue weighted by Gasteiger charge is -2.16. The fourth-order valence-corrected chi connectivity index (χ4v) is 4.97. The zero-order chi connectivity index (χ0) is 25.9. The number of amides is 2. The summed E-state index contributed by atoms with van der Waals surface area (Å²) in [7, 11) is 0. The summed E-state index contributed by atoms with van der Waals surface area (Å²) in [6, 6.07) is 16.1. The number of fused-ring (bicyclic) bond motifs is 2. The second-order valence-electron chi connectivity index (χ2n) is 9.99. The number of para-hydroxylation sites is 2. The van der Waals surface area contributed by atoms with Gasteiger partial charge in [0.15, 0.2) is 0 Å². The molecule has 2 aromatic rings. The molecule has 6 nitrogen and oxygen atoms in total. The summed E-state index contributed by atoms with van der Waals surface area (Å²) < 4.78 is 0. The molecule has 0 aliphatic carbocycles. The third kappa shape index (κ3) is 7.02. The first kappa shape index (κ1) is 27.6. The van der Waals surface area contributed by atoms with E-state index in [4.69, 9.17) is 0 Å². The van der Waals surface area contributed by atoms with Gasteiger partial charge in [-0.25, -0.2) is 0 Å². The van der Waals surface area contributed by atoms with Gasteiger partial charge in [0.05, 0.1) is 0 Å². The van der Waals surface area contributed by atoms with E-state index in [2.05, 4.69) is 61.1 Å². The smallest absolute Gasteiger partial charge is 0.243 e. The average Bonchev–Trinajstić information content (AvgIpc) is 3.42. The van der Waals surface area contributed by atoms with Crippen molar-refractivity contribution in [3.05, 3.63) is 59.7 Å². The van der Waals surface area contributed by atoms with Crippen molar-refractivity contribution in [2.24, 2.45) is 0 Å². The Labute approximate surface area is 217 Å². The Kier molecular flexibility index (Phi) is 10.6. The van der Waals surface area contributed by atoms with Crippen molar-refractivity contribution in [3.63, 3.8) is 0 Å². The van der Waals surface area contributed by atoms with Crippen molar-refractivity contribution in [2.45, 2.75) is 90.1 Å². The van der Waals surface area contributed by atoms with Gasteiger partial charge in [0, 0.05) is 36.3 Å². The molecule has 0 saturated heterocycles. The molecule has 4 atom stereocenters. The van der Waals surface area contributed by atoms with Crippen LogP contribution in [0.25, 0.3) is 0 Å². The molecular formula is C30H44N4O2. The highest BCUT2D eigenvalue weighted by Gasteiger charge is 2.34. The highest BCUT2D eigenvalue weighted by atomic mass is 16.2. The van der Waals surface area contributed by atoms with E-state index < -0.39 is 0 Å². The zero-order valence-electron chi connectivity index (χ0n) is 22.4. The number of rotatable bonds is 10. The number of hydrogen-bond donors (Lipinski definition) is 4. The van der Waals surface area contributed by atoms with Gasteiger partial charge in [-0.2, -0.15) is 0 Å². The van der Waals surface area contributed by atoms with Crippen molar-refractivity contribution in [1.82, 2.24) is 10.6 Å². The van der Waals surface area contributed by atoms with Gasteiger partial charge in [-0.05, 0) is 36.1 Å². The van der Waals surface area contributed by atoms with Gasteiger partial charge < -0.3 is 21.3 Å². The fourth-order valence-electron chi connectivity index (χ4n) is 4.97. The molecule has 4 N–H and O–H groups in total. The minimum atomic E-state index is -0.121. The summed E-state index contributed by atoms with van der Waals surface area (Å²) in [5.41, 5.74) is 4.68.